The summed E-state index contributed by atoms with van der Waals surface area (Å²) in [5.41, 5.74) is 4.47. The van der Waals surface area contributed by atoms with Gasteiger partial charge in [-0.15, -0.1) is 0 Å². The van der Waals surface area contributed by atoms with Crippen LogP contribution in [0.5, 0.6) is 5.75 Å². The van der Waals surface area contributed by atoms with Crippen LogP contribution in [-0.2, 0) is 25.0 Å². The van der Waals surface area contributed by atoms with Crippen molar-refractivity contribution in [2.45, 2.75) is 34.0 Å². The molecule has 0 bridgehead atoms. The number of rotatable bonds is 7. The second kappa shape index (κ2) is 8.18. The zero-order chi connectivity index (χ0) is 19.4. The number of hydrogen-bond acceptors (Lipinski definition) is 5. The smallest absolute Gasteiger partial charge is 0.368 e. The zero-order valence-corrected chi connectivity index (χ0v) is 16.1. The summed E-state index contributed by atoms with van der Waals surface area (Å²) < 4.78 is 14.0. The van der Waals surface area contributed by atoms with E-state index in [1.807, 2.05) is 51.1 Å². The molecule has 7 nitrogen and oxygen atoms in total. The summed E-state index contributed by atoms with van der Waals surface area (Å²) in [4.78, 5) is 12.2. The normalized spacial score (nSPS) is 11.0. The first-order valence-electron chi connectivity index (χ1n) is 8.89. The van der Waals surface area contributed by atoms with Crippen LogP contribution in [0.2, 0.25) is 0 Å². The fourth-order valence-electron chi connectivity index (χ4n) is 2.87. The average Bonchev–Trinajstić information content (AvgIpc) is 2.99. The lowest BCUT2D eigenvalue weighted by molar-refractivity contribution is 0.134. The lowest BCUT2D eigenvalue weighted by Crippen LogP contribution is -2.23. The van der Waals surface area contributed by atoms with Crippen molar-refractivity contribution >= 4 is 0 Å². The monoisotopic (exact) mass is 368 g/mol. The van der Waals surface area contributed by atoms with Gasteiger partial charge in [0.15, 0.2) is 0 Å². The maximum absolute atomic E-state index is 12.2. The van der Waals surface area contributed by atoms with E-state index in [9.17, 15) is 4.79 Å². The second-order valence-electron chi connectivity index (χ2n) is 6.40. The van der Waals surface area contributed by atoms with Crippen molar-refractivity contribution in [2.75, 3.05) is 6.61 Å². The fourth-order valence-corrected chi connectivity index (χ4v) is 2.87. The first kappa shape index (κ1) is 18.8. The predicted molar refractivity (Wildman–Crippen MR) is 102 cm³/mol. The largest absolute Gasteiger partial charge is 0.489 e. The molecule has 0 aliphatic heterocycles. The highest BCUT2D eigenvalue weighted by molar-refractivity contribution is 5.45. The second-order valence-corrected chi connectivity index (χ2v) is 6.40. The molecule has 0 fully saturated rings. The molecule has 0 unspecified atom stereocenters. The van der Waals surface area contributed by atoms with E-state index < -0.39 is 0 Å². The van der Waals surface area contributed by atoms with Gasteiger partial charge < -0.3 is 9.47 Å². The van der Waals surface area contributed by atoms with E-state index in [1.54, 1.807) is 7.05 Å². The van der Waals surface area contributed by atoms with Crippen LogP contribution in [-0.4, -0.2) is 26.4 Å². The van der Waals surface area contributed by atoms with Crippen LogP contribution in [0.3, 0.4) is 0 Å². The topological polar surface area (TPSA) is 71.2 Å². The van der Waals surface area contributed by atoms with Crippen LogP contribution in [0.4, 0.5) is 0 Å². The van der Waals surface area contributed by atoms with Crippen molar-refractivity contribution in [1.29, 1.82) is 0 Å². The molecular weight excluding hydrogens is 344 g/mol. The lowest BCUT2D eigenvalue weighted by atomic mass is 10.1. The number of hydrogen-bond donors (Lipinski definition) is 0. The highest BCUT2D eigenvalue weighted by Gasteiger charge is 2.14. The molecule has 0 aliphatic carbocycles. The summed E-state index contributed by atoms with van der Waals surface area (Å²) in [6.45, 7) is 7.59. The van der Waals surface area contributed by atoms with Crippen molar-refractivity contribution < 1.29 is 9.47 Å². The predicted octanol–water partition coefficient (Wildman–Crippen LogP) is 2.70. The van der Waals surface area contributed by atoms with Gasteiger partial charge in [-0.3, -0.25) is 0 Å². The number of benzene rings is 2. The molecule has 0 aliphatic rings. The Kier molecular flexibility index (Phi) is 5.71. The molecular formula is C20H24N4O3. The van der Waals surface area contributed by atoms with Crippen LogP contribution in [0.15, 0.2) is 41.2 Å². The maximum atomic E-state index is 12.2. The Labute approximate surface area is 158 Å². The Morgan fingerprint density at radius 1 is 1.04 bits per heavy atom. The quantitative estimate of drug-likeness (QED) is 0.641. The van der Waals surface area contributed by atoms with Gasteiger partial charge in [0.2, 0.25) is 0 Å². The highest BCUT2D eigenvalue weighted by atomic mass is 16.5. The molecule has 1 aromatic heterocycles. The molecule has 27 heavy (non-hydrogen) atoms. The van der Waals surface area contributed by atoms with Crippen LogP contribution >= 0.6 is 0 Å². The standard InChI is InChI=1S/C20H24N4O3/c1-5-26-12-16-9-10-19(15(3)11-16)27-13-17-14(2)7-6-8-18(17)24-20(25)23(4)21-22-24/h6-11H,5,12-13H2,1-4H3. The van der Waals surface area contributed by atoms with Crippen molar-refractivity contribution in [3.05, 3.63) is 69.1 Å². The zero-order valence-electron chi connectivity index (χ0n) is 16.1. The van der Waals surface area contributed by atoms with E-state index in [2.05, 4.69) is 16.5 Å². The van der Waals surface area contributed by atoms with Gasteiger partial charge in [0.05, 0.1) is 12.3 Å². The van der Waals surface area contributed by atoms with Crippen molar-refractivity contribution in [2.24, 2.45) is 7.05 Å². The molecule has 3 aromatic rings. The SMILES string of the molecule is CCOCc1ccc(OCc2c(C)cccc2-n2nnn(C)c2=O)c(C)c1. The Bertz CT molecular complexity index is 991. The number of nitrogens with zero attached hydrogens (tertiary/aromatic N) is 4. The first-order chi connectivity index (χ1) is 13.0. The highest BCUT2D eigenvalue weighted by Crippen LogP contribution is 2.23. The van der Waals surface area contributed by atoms with Gasteiger partial charge in [0, 0.05) is 19.2 Å². The molecule has 0 saturated carbocycles. The van der Waals surface area contributed by atoms with Gasteiger partial charge in [-0.2, -0.15) is 9.36 Å². The molecule has 0 atom stereocenters. The summed E-state index contributed by atoms with van der Waals surface area (Å²) in [5.74, 6) is 0.802. The van der Waals surface area contributed by atoms with Gasteiger partial charge in [-0.1, -0.05) is 24.3 Å². The van der Waals surface area contributed by atoms with Crippen LogP contribution < -0.4 is 10.4 Å². The van der Waals surface area contributed by atoms with Gasteiger partial charge in [0.1, 0.15) is 12.4 Å². The lowest BCUT2D eigenvalue weighted by Gasteiger charge is -2.15. The molecule has 2 aromatic carbocycles. The van der Waals surface area contributed by atoms with E-state index in [-0.39, 0.29) is 5.69 Å². The molecule has 142 valence electrons. The Balaban J connectivity index is 1.85. The average molecular weight is 368 g/mol. The van der Waals surface area contributed by atoms with Crippen molar-refractivity contribution in [3.8, 4) is 11.4 Å². The Hall–Kier alpha value is -2.93. The summed E-state index contributed by atoms with van der Waals surface area (Å²) in [7, 11) is 1.57. The molecule has 0 saturated heterocycles. The third-order valence-electron chi connectivity index (χ3n) is 4.42. The van der Waals surface area contributed by atoms with Crippen LogP contribution in [0.1, 0.15) is 29.2 Å². The number of ether oxygens (including phenoxy) is 2. The van der Waals surface area contributed by atoms with Crippen molar-refractivity contribution in [3.63, 3.8) is 0 Å². The summed E-state index contributed by atoms with van der Waals surface area (Å²) >= 11 is 0. The van der Waals surface area contributed by atoms with E-state index in [0.717, 1.165) is 28.0 Å². The fraction of sp³-hybridized carbons (Fsp3) is 0.350. The number of tetrazole rings is 1. The maximum Gasteiger partial charge on any atom is 0.368 e. The third-order valence-corrected chi connectivity index (χ3v) is 4.42. The third kappa shape index (κ3) is 4.09. The van der Waals surface area contributed by atoms with E-state index in [0.29, 0.717) is 25.5 Å². The van der Waals surface area contributed by atoms with Crippen LogP contribution in [0, 0.1) is 13.8 Å². The van der Waals surface area contributed by atoms with E-state index in [1.165, 1.54) is 9.36 Å². The van der Waals surface area contributed by atoms with Gasteiger partial charge in [-0.25, -0.2) is 4.79 Å². The molecule has 0 spiro atoms. The first-order valence-corrected chi connectivity index (χ1v) is 8.89. The molecule has 7 heteroatoms. The number of aromatic nitrogens is 4. The molecule has 0 amide bonds. The summed E-state index contributed by atoms with van der Waals surface area (Å²) in [6, 6.07) is 11.8. The minimum Gasteiger partial charge on any atom is -0.489 e. The molecule has 1 heterocycles. The summed E-state index contributed by atoms with van der Waals surface area (Å²) in [5, 5.41) is 7.74. The van der Waals surface area contributed by atoms with Crippen LogP contribution in [0.25, 0.3) is 5.69 Å². The molecule has 0 N–H and O–H groups in total. The van der Waals surface area contributed by atoms with Gasteiger partial charge in [0.25, 0.3) is 0 Å². The Morgan fingerprint density at radius 3 is 2.52 bits per heavy atom. The number of aryl methyl sites for hydroxylation is 3. The molecule has 0 radical (unpaired) electrons. The van der Waals surface area contributed by atoms with E-state index >= 15 is 0 Å². The minimum atomic E-state index is -0.293. The summed E-state index contributed by atoms with van der Waals surface area (Å²) in [6.07, 6.45) is 0. The van der Waals surface area contributed by atoms with Gasteiger partial charge in [-0.05, 0) is 60.0 Å². The minimum absolute atomic E-state index is 0.293. The molecule has 3 rings (SSSR count). The van der Waals surface area contributed by atoms with Crippen molar-refractivity contribution in [1.82, 2.24) is 19.8 Å². The Morgan fingerprint density at radius 2 is 1.85 bits per heavy atom. The van der Waals surface area contributed by atoms with Gasteiger partial charge >= 0.3 is 5.69 Å². The van der Waals surface area contributed by atoms with E-state index in [4.69, 9.17) is 9.47 Å².